The number of aliphatic hydroxyl groups excluding tert-OH is 1. The molecule has 0 spiro atoms. The van der Waals surface area contributed by atoms with Crippen molar-refractivity contribution in [1.82, 2.24) is 14.5 Å². The van der Waals surface area contributed by atoms with Gasteiger partial charge in [-0.25, -0.2) is 13.8 Å². The molecule has 3 heterocycles. The minimum atomic E-state index is -0.662. The molecule has 5 rings (SSSR count). The summed E-state index contributed by atoms with van der Waals surface area (Å²) >= 11 is 0. The van der Waals surface area contributed by atoms with Gasteiger partial charge in [-0.05, 0) is 61.7 Å². The predicted molar refractivity (Wildman–Crippen MR) is 116 cm³/mol. The maximum absolute atomic E-state index is 13.9. The van der Waals surface area contributed by atoms with Crippen LogP contribution in [0.2, 0.25) is 0 Å². The van der Waals surface area contributed by atoms with Crippen LogP contribution in [-0.2, 0) is 0 Å². The number of furan rings is 1. The van der Waals surface area contributed by atoms with Crippen LogP contribution in [0.4, 0.5) is 14.5 Å². The van der Waals surface area contributed by atoms with Gasteiger partial charge in [0.05, 0.1) is 36.1 Å². The minimum Gasteiger partial charge on any atom is -0.449 e. The largest absolute Gasteiger partial charge is 0.449 e. The Kier molecular flexibility index (Phi) is 5.47. The molecule has 0 radical (unpaired) electrons. The van der Waals surface area contributed by atoms with Gasteiger partial charge >= 0.3 is 0 Å². The van der Waals surface area contributed by atoms with Crippen molar-refractivity contribution in [2.75, 3.05) is 5.32 Å². The lowest BCUT2D eigenvalue weighted by Gasteiger charge is -2.19. The molecular weight excluding hydrogens is 430 g/mol. The van der Waals surface area contributed by atoms with Crippen LogP contribution in [0.15, 0.2) is 65.6 Å². The van der Waals surface area contributed by atoms with Crippen molar-refractivity contribution in [3.05, 3.63) is 78.6 Å². The highest BCUT2D eigenvalue weighted by molar-refractivity contribution is 6.02. The second kappa shape index (κ2) is 8.59. The van der Waals surface area contributed by atoms with Gasteiger partial charge in [-0.3, -0.25) is 9.78 Å². The van der Waals surface area contributed by atoms with Gasteiger partial charge in [0.1, 0.15) is 11.5 Å². The number of pyridine rings is 1. The maximum Gasteiger partial charge on any atom is 0.291 e. The van der Waals surface area contributed by atoms with Crippen LogP contribution < -0.4 is 5.32 Å². The number of hydrogen-bond acceptors (Lipinski definition) is 5. The molecule has 0 saturated heterocycles. The number of rotatable bonds is 5. The molecule has 2 atom stereocenters. The lowest BCUT2D eigenvalue weighted by molar-refractivity contribution is 0.0996. The summed E-state index contributed by atoms with van der Waals surface area (Å²) in [6, 6.07) is 10.2. The first kappa shape index (κ1) is 21.0. The van der Waals surface area contributed by atoms with Crippen molar-refractivity contribution in [2.24, 2.45) is 0 Å². The summed E-state index contributed by atoms with van der Waals surface area (Å²) in [5, 5.41) is 12.9. The number of hydrogen-bond donors (Lipinski definition) is 2. The van der Waals surface area contributed by atoms with Crippen LogP contribution in [0.3, 0.4) is 0 Å². The van der Waals surface area contributed by atoms with Gasteiger partial charge in [0.15, 0.2) is 17.3 Å². The summed E-state index contributed by atoms with van der Waals surface area (Å²) in [4.78, 5) is 20.8. The standard InChI is InChI=1S/C24H20F2N4O3/c25-15-6-4-14(5-7-15)22-23(30(13-28-22)18-2-1-3-19(18)31)20-8-9-21(33-20)24(32)29-17-10-11-27-12-16(17)26/h4-13,18-19,31H,1-3H2,(H,27,29,32)/t18?,19-/m0/s1. The van der Waals surface area contributed by atoms with Crippen LogP contribution in [0.25, 0.3) is 22.7 Å². The van der Waals surface area contributed by atoms with E-state index in [0.717, 1.165) is 19.0 Å². The number of aliphatic hydroxyl groups is 1. The molecule has 3 aromatic heterocycles. The molecule has 168 valence electrons. The molecule has 1 aromatic carbocycles. The molecule has 1 aliphatic rings. The zero-order valence-electron chi connectivity index (χ0n) is 17.4. The Labute approximate surface area is 187 Å². The van der Waals surface area contributed by atoms with E-state index in [2.05, 4.69) is 15.3 Å². The molecule has 9 heteroatoms. The van der Waals surface area contributed by atoms with E-state index in [0.29, 0.717) is 29.1 Å². The number of carbonyl (C=O) groups excluding carboxylic acids is 1. The number of imidazole rings is 1. The number of aromatic nitrogens is 3. The van der Waals surface area contributed by atoms with E-state index in [-0.39, 0.29) is 23.3 Å². The molecule has 0 aliphatic heterocycles. The molecule has 1 amide bonds. The zero-order valence-corrected chi connectivity index (χ0v) is 17.4. The van der Waals surface area contributed by atoms with Gasteiger partial charge in [0.25, 0.3) is 5.91 Å². The first-order valence-electron chi connectivity index (χ1n) is 10.5. The molecule has 1 fully saturated rings. The smallest absolute Gasteiger partial charge is 0.291 e. The first-order valence-corrected chi connectivity index (χ1v) is 10.5. The van der Waals surface area contributed by atoms with Crippen LogP contribution in [0.1, 0.15) is 35.9 Å². The fraction of sp³-hybridized carbons (Fsp3) is 0.208. The third kappa shape index (κ3) is 4.03. The molecule has 1 saturated carbocycles. The summed E-state index contributed by atoms with van der Waals surface area (Å²) in [6.07, 6.45) is 5.78. The van der Waals surface area contributed by atoms with Gasteiger partial charge in [0.2, 0.25) is 0 Å². The Hall–Kier alpha value is -3.85. The van der Waals surface area contributed by atoms with Crippen molar-refractivity contribution < 1.29 is 23.1 Å². The molecule has 33 heavy (non-hydrogen) atoms. The summed E-state index contributed by atoms with van der Waals surface area (Å²) in [6.45, 7) is 0. The van der Waals surface area contributed by atoms with Crippen molar-refractivity contribution in [2.45, 2.75) is 31.4 Å². The molecule has 7 nitrogen and oxygen atoms in total. The van der Waals surface area contributed by atoms with E-state index in [1.165, 1.54) is 30.5 Å². The van der Waals surface area contributed by atoms with Crippen molar-refractivity contribution in [1.29, 1.82) is 0 Å². The molecule has 0 bridgehead atoms. The maximum atomic E-state index is 13.9. The van der Waals surface area contributed by atoms with Crippen molar-refractivity contribution in [3.63, 3.8) is 0 Å². The summed E-state index contributed by atoms with van der Waals surface area (Å²) in [5.74, 6) is -1.32. The average Bonchev–Trinajstić information content (AvgIpc) is 3.54. The van der Waals surface area contributed by atoms with E-state index in [1.807, 2.05) is 4.57 Å². The van der Waals surface area contributed by atoms with Crippen LogP contribution in [-0.4, -0.2) is 31.7 Å². The van der Waals surface area contributed by atoms with E-state index >= 15 is 0 Å². The van der Waals surface area contributed by atoms with Gasteiger partial charge < -0.3 is 19.4 Å². The highest BCUT2D eigenvalue weighted by atomic mass is 19.1. The Bertz CT molecular complexity index is 1300. The van der Waals surface area contributed by atoms with E-state index in [9.17, 15) is 18.7 Å². The summed E-state index contributed by atoms with van der Waals surface area (Å²) in [7, 11) is 0. The minimum absolute atomic E-state index is 0.0147. The van der Waals surface area contributed by atoms with E-state index < -0.39 is 17.8 Å². The average molecular weight is 450 g/mol. The number of nitrogens with one attached hydrogen (secondary N) is 1. The molecular formula is C24H20F2N4O3. The Morgan fingerprint density at radius 1 is 1.12 bits per heavy atom. The Balaban J connectivity index is 1.53. The quantitative estimate of drug-likeness (QED) is 0.455. The number of benzene rings is 1. The second-order valence-corrected chi connectivity index (χ2v) is 7.90. The third-order valence-corrected chi connectivity index (χ3v) is 5.80. The number of carbonyl (C=O) groups is 1. The van der Waals surface area contributed by atoms with Crippen molar-refractivity contribution >= 4 is 11.6 Å². The first-order chi connectivity index (χ1) is 16.0. The lowest BCUT2D eigenvalue weighted by Crippen LogP contribution is -2.18. The molecule has 1 aliphatic carbocycles. The monoisotopic (exact) mass is 450 g/mol. The molecule has 2 N–H and O–H groups in total. The van der Waals surface area contributed by atoms with Crippen LogP contribution in [0, 0.1) is 11.6 Å². The van der Waals surface area contributed by atoms with Gasteiger partial charge in [-0.15, -0.1) is 0 Å². The van der Waals surface area contributed by atoms with Crippen molar-refractivity contribution in [3.8, 4) is 22.7 Å². The van der Waals surface area contributed by atoms with E-state index in [1.54, 1.807) is 24.5 Å². The normalized spacial score (nSPS) is 17.9. The number of halogens is 2. The fourth-order valence-electron chi connectivity index (χ4n) is 4.17. The van der Waals surface area contributed by atoms with Gasteiger partial charge in [0, 0.05) is 11.8 Å². The lowest BCUT2D eigenvalue weighted by atomic mass is 10.1. The Morgan fingerprint density at radius 2 is 1.94 bits per heavy atom. The third-order valence-electron chi connectivity index (χ3n) is 5.80. The van der Waals surface area contributed by atoms with Gasteiger partial charge in [-0.1, -0.05) is 0 Å². The topological polar surface area (TPSA) is 93.2 Å². The SMILES string of the molecule is O=C(Nc1ccncc1F)c1ccc(-c2c(-c3ccc(F)cc3)ncn2C2CCC[C@@H]2O)o1. The Morgan fingerprint density at radius 3 is 2.67 bits per heavy atom. The highest BCUT2D eigenvalue weighted by Gasteiger charge is 2.31. The number of nitrogens with zero attached hydrogens (tertiary/aromatic N) is 3. The second-order valence-electron chi connectivity index (χ2n) is 7.90. The van der Waals surface area contributed by atoms with Gasteiger partial charge in [-0.2, -0.15) is 0 Å². The summed E-state index contributed by atoms with van der Waals surface area (Å²) in [5.41, 5.74) is 1.76. The fourth-order valence-corrected chi connectivity index (χ4v) is 4.17. The van der Waals surface area contributed by atoms with Crippen LogP contribution >= 0.6 is 0 Å². The van der Waals surface area contributed by atoms with Crippen LogP contribution in [0.5, 0.6) is 0 Å². The highest BCUT2D eigenvalue weighted by Crippen LogP contribution is 2.39. The zero-order chi connectivity index (χ0) is 22.9. The molecule has 4 aromatic rings. The summed E-state index contributed by atoms with van der Waals surface area (Å²) < 4.78 is 35.0. The predicted octanol–water partition coefficient (Wildman–Crippen LogP) is 4.82. The van der Waals surface area contributed by atoms with E-state index in [4.69, 9.17) is 4.42 Å². The number of amides is 1. The number of anilines is 1. The molecule has 1 unspecified atom stereocenters.